The summed E-state index contributed by atoms with van der Waals surface area (Å²) < 4.78 is 0. The first-order valence-corrected chi connectivity index (χ1v) is 7.67. The fraction of sp³-hybridized carbons (Fsp3) is 0.625. The average Bonchev–Trinajstić information content (AvgIpc) is 2.35. The van der Waals surface area contributed by atoms with Crippen molar-refractivity contribution in [2.75, 3.05) is 11.4 Å². The summed E-state index contributed by atoms with van der Waals surface area (Å²) in [6.07, 6.45) is 3.43. The van der Waals surface area contributed by atoms with E-state index in [0.29, 0.717) is 6.04 Å². The number of anilines is 1. The van der Waals surface area contributed by atoms with Gasteiger partial charge in [0, 0.05) is 29.3 Å². The topological polar surface area (TPSA) is 29.3 Å². The van der Waals surface area contributed by atoms with Crippen molar-refractivity contribution in [3.63, 3.8) is 0 Å². The van der Waals surface area contributed by atoms with Crippen LogP contribution < -0.4 is 10.6 Å². The van der Waals surface area contributed by atoms with Crippen LogP contribution in [0.4, 0.5) is 5.69 Å². The molecule has 1 aliphatic rings. The summed E-state index contributed by atoms with van der Waals surface area (Å²) in [7, 11) is 0. The molecule has 1 aliphatic heterocycles. The van der Waals surface area contributed by atoms with Crippen molar-refractivity contribution in [3.05, 3.63) is 28.8 Å². The minimum absolute atomic E-state index is 0.150. The molecule has 1 aromatic carbocycles. The van der Waals surface area contributed by atoms with Crippen molar-refractivity contribution in [3.8, 4) is 0 Å². The zero-order valence-electron chi connectivity index (χ0n) is 12.2. The lowest BCUT2D eigenvalue weighted by molar-refractivity contribution is 0.363. The van der Waals surface area contributed by atoms with Crippen LogP contribution in [0, 0.1) is 5.92 Å². The Labute approximate surface area is 121 Å². The van der Waals surface area contributed by atoms with Crippen LogP contribution in [-0.2, 0) is 6.42 Å². The Balaban J connectivity index is 2.19. The zero-order chi connectivity index (χ0) is 14.0. The summed E-state index contributed by atoms with van der Waals surface area (Å²) >= 11 is 6.39. The molecular formula is C16H25ClN2. The Bertz CT molecular complexity index is 431. The highest BCUT2D eigenvalue weighted by Gasteiger charge is 2.25. The standard InChI is InChI=1S/C16H25ClN2/c1-11-5-4-8-19(13(11)3)15-7-6-14(9-12(2)18)16(17)10-15/h6-7,10-13H,4-5,8-9,18H2,1-3H3. The maximum atomic E-state index is 6.39. The first kappa shape index (κ1) is 14.7. The van der Waals surface area contributed by atoms with Crippen molar-refractivity contribution in [1.29, 1.82) is 0 Å². The first-order chi connectivity index (χ1) is 8.99. The van der Waals surface area contributed by atoms with Gasteiger partial charge in [0.1, 0.15) is 0 Å². The third kappa shape index (κ3) is 3.43. The number of hydrogen-bond donors (Lipinski definition) is 1. The van der Waals surface area contributed by atoms with E-state index in [2.05, 4.69) is 36.9 Å². The molecule has 2 nitrogen and oxygen atoms in total. The molecule has 106 valence electrons. The molecule has 0 radical (unpaired) electrons. The minimum Gasteiger partial charge on any atom is -0.369 e. The lowest BCUT2D eigenvalue weighted by atomic mass is 9.91. The monoisotopic (exact) mass is 280 g/mol. The van der Waals surface area contributed by atoms with Crippen LogP contribution in [0.3, 0.4) is 0 Å². The van der Waals surface area contributed by atoms with Crippen LogP contribution in [0.25, 0.3) is 0 Å². The van der Waals surface area contributed by atoms with Gasteiger partial charge in [-0.25, -0.2) is 0 Å². The minimum atomic E-state index is 0.150. The fourth-order valence-corrected chi connectivity index (χ4v) is 3.18. The zero-order valence-corrected chi connectivity index (χ0v) is 13.0. The van der Waals surface area contributed by atoms with Gasteiger partial charge in [0.15, 0.2) is 0 Å². The molecule has 1 heterocycles. The molecule has 0 spiro atoms. The van der Waals surface area contributed by atoms with Crippen LogP contribution in [0.1, 0.15) is 39.2 Å². The summed E-state index contributed by atoms with van der Waals surface area (Å²) in [5, 5.41) is 0.847. The predicted molar refractivity (Wildman–Crippen MR) is 84.0 cm³/mol. The second-order valence-corrected chi connectivity index (χ2v) is 6.42. The largest absolute Gasteiger partial charge is 0.369 e. The van der Waals surface area contributed by atoms with E-state index in [1.807, 2.05) is 6.92 Å². The van der Waals surface area contributed by atoms with E-state index < -0.39 is 0 Å². The third-order valence-corrected chi connectivity index (χ3v) is 4.64. The van der Waals surface area contributed by atoms with Gasteiger partial charge < -0.3 is 10.6 Å². The second-order valence-electron chi connectivity index (χ2n) is 6.01. The first-order valence-electron chi connectivity index (χ1n) is 7.29. The molecule has 3 heteroatoms. The molecule has 0 aromatic heterocycles. The summed E-state index contributed by atoms with van der Waals surface area (Å²) in [4.78, 5) is 2.48. The SMILES string of the molecule is CC(N)Cc1ccc(N2CCCC(C)C2C)cc1Cl. The lowest BCUT2D eigenvalue weighted by Crippen LogP contribution is -2.42. The molecule has 0 saturated carbocycles. The molecule has 0 bridgehead atoms. The Kier molecular flexibility index (Phi) is 4.75. The van der Waals surface area contributed by atoms with Gasteiger partial charge in [-0.05, 0) is 56.7 Å². The highest BCUT2D eigenvalue weighted by atomic mass is 35.5. The summed E-state index contributed by atoms with van der Waals surface area (Å²) in [5.74, 6) is 0.747. The van der Waals surface area contributed by atoms with E-state index in [4.69, 9.17) is 17.3 Å². The van der Waals surface area contributed by atoms with Crippen LogP contribution >= 0.6 is 11.6 Å². The number of benzene rings is 1. The average molecular weight is 281 g/mol. The van der Waals surface area contributed by atoms with Gasteiger partial charge >= 0.3 is 0 Å². The lowest BCUT2D eigenvalue weighted by Gasteiger charge is -2.39. The third-order valence-electron chi connectivity index (χ3n) is 4.28. The molecule has 3 unspecified atom stereocenters. The summed E-state index contributed by atoms with van der Waals surface area (Å²) in [6.45, 7) is 7.80. The highest BCUT2D eigenvalue weighted by Crippen LogP contribution is 2.31. The van der Waals surface area contributed by atoms with Crippen molar-refractivity contribution in [1.82, 2.24) is 0 Å². The molecule has 1 fully saturated rings. The van der Waals surface area contributed by atoms with E-state index in [-0.39, 0.29) is 6.04 Å². The van der Waals surface area contributed by atoms with E-state index in [1.165, 1.54) is 18.5 Å². The second kappa shape index (κ2) is 6.15. The number of rotatable bonds is 3. The van der Waals surface area contributed by atoms with Gasteiger partial charge in [0.05, 0.1) is 0 Å². The molecule has 1 aromatic rings. The van der Waals surface area contributed by atoms with Gasteiger partial charge in [-0.15, -0.1) is 0 Å². The summed E-state index contributed by atoms with van der Waals surface area (Å²) in [5.41, 5.74) is 8.24. The number of nitrogens with two attached hydrogens (primary N) is 1. The highest BCUT2D eigenvalue weighted by molar-refractivity contribution is 6.31. The number of halogens is 1. The van der Waals surface area contributed by atoms with Crippen LogP contribution in [-0.4, -0.2) is 18.6 Å². The number of piperidine rings is 1. The Morgan fingerprint density at radius 3 is 2.79 bits per heavy atom. The molecule has 1 saturated heterocycles. The molecule has 3 atom stereocenters. The molecule has 0 amide bonds. The van der Waals surface area contributed by atoms with Gasteiger partial charge in [0.25, 0.3) is 0 Å². The van der Waals surface area contributed by atoms with Crippen molar-refractivity contribution in [2.24, 2.45) is 11.7 Å². The van der Waals surface area contributed by atoms with Gasteiger partial charge in [-0.3, -0.25) is 0 Å². The number of hydrogen-bond acceptors (Lipinski definition) is 2. The van der Waals surface area contributed by atoms with Crippen molar-refractivity contribution < 1.29 is 0 Å². The maximum absolute atomic E-state index is 6.39. The molecule has 2 rings (SSSR count). The van der Waals surface area contributed by atoms with Crippen LogP contribution in [0.5, 0.6) is 0 Å². The predicted octanol–water partition coefficient (Wildman–Crippen LogP) is 3.85. The molecule has 19 heavy (non-hydrogen) atoms. The normalized spacial score (nSPS) is 25.4. The fourth-order valence-electron chi connectivity index (χ4n) is 2.93. The Hall–Kier alpha value is -0.730. The van der Waals surface area contributed by atoms with E-state index in [1.54, 1.807) is 0 Å². The van der Waals surface area contributed by atoms with E-state index in [0.717, 1.165) is 29.5 Å². The summed E-state index contributed by atoms with van der Waals surface area (Å²) in [6, 6.07) is 7.17. The molecule has 0 aliphatic carbocycles. The number of nitrogens with zero attached hydrogens (tertiary/aromatic N) is 1. The maximum Gasteiger partial charge on any atom is 0.0459 e. The van der Waals surface area contributed by atoms with Crippen LogP contribution in [0.15, 0.2) is 18.2 Å². The van der Waals surface area contributed by atoms with Gasteiger partial charge in [-0.2, -0.15) is 0 Å². The van der Waals surface area contributed by atoms with Gasteiger partial charge in [-0.1, -0.05) is 24.6 Å². The molecular weight excluding hydrogens is 256 g/mol. The van der Waals surface area contributed by atoms with Gasteiger partial charge in [0.2, 0.25) is 0 Å². The Morgan fingerprint density at radius 1 is 1.42 bits per heavy atom. The van der Waals surface area contributed by atoms with E-state index >= 15 is 0 Å². The molecule has 2 N–H and O–H groups in total. The van der Waals surface area contributed by atoms with Crippen molar-refractivity contribution in [2.45, 2.75) is 52.1 Å². The smallest absolute Gasteiger partial charge is 0.0459 e. The quantitative estimate of drug-likeness (QED) is 0.911. The Morgan fingerprint density at radius 2 is 2.16 bits per heavy atom. The van der Waals surface area contributed by atoms with E-state index in [9.17, 15) is 0 Å². The van der Waals surface area contributed by atoms with Crippen molar-refractivity contribution >= 4 is 17.3 Å². The van der Waals surface area contributed by atoms with Crippen LogP contribution in [0.2, 0.25) is 5.02 Å².